The van der Waals surface area contributed by atoms with Crippen LogP contribution in [-0.2, 0) is 15.6 Å². The van der Waals surface area contributed by atoms with Crippen molar-refractivity contribution in [2.75, 3.05) is 0 Å². The Bertz CT molecular complexity index is 744. The SMILES string of the molecule is O=C(O)c1ccc(Br)c(S(=O)(=O)Cc2ccncc2)c1. The van der Waals surface area contributed by atoms with E-state index in [-0.39, 0.29) is 16.2 Å². The van der Waals surface area contributed by atoms with Crippen molar-refractivity contribution in [3.8, 4) is 0 Å². The zero-order valence-electron chi connectivity index (χ0n) is 10.2. The van der Waals surface area contributed by atoms with Gasteiger partial charge in [0, 0.05) is 16.9 Å². The lowest BCUT2D eigenvalue weighted by Gasteiger charge is -2.08. The van der Waals surface area contributed by atoms with E-state index in [1.807, 2.05) is 0 Å². The number of halogens is 1. The second-order valence-corrected chi connectivity index (χ2v) is 6.88. The summed E-state index contributed by atoms with van der Waals surface area (Å²) in [6.45, 7) is 0. The minimum absolute atomic E-state index is 0.0331. The molecular formula is C13H10BrNO4S. The summed E-state index contributed by atoms with van der Waals surface area (Å²) in [5.41, 5.74) is 0.522. The quantitative estimate of drug-likeness (QED) is 0.910. The van der Waals surface area contributed by atoms with Crippen LogP contribution in [0.15, 0.2) is 52.1 Å². The molecule has 5 nitrogen and oxygen atoms in total. The van der Waals surface area contributed by atoms with Gasteiger partial charge in [0.2, 0.25) is 0 Å². The molecule has 20 heavy (non-hydrogen) atoms. The maximum atomic E-state index is 12.4. The molecule has 0 atom stereocenters. The van der Waals surface area contributed by atoms with Gasteiger partial charge < -0.3 is 5.11 Å². The van der Waals surface area contributed by atoms with Gasteiger partial charge in [-0.05, 0) is 51.8 Å². The molecule has 0 unspecified atom stereocenters. The van der Waals surface area contributed by atoms with Crippen LogP contribution >= 0.6 is 15.9 Å². The van der Waals surface area contributed by atoms with Gasteiger partial charge in [-0.25, -0.2) is 13.2 Å². The lowest BCUT2D eigenvalue weighted by Crippen LogP contribution is -2.08. The van der Waals surface area contributed by atoms with E-state index in [0.717, 1.165) is 6.07 Å². The molecule has 1 aromatic carbocycles. The predicted molar refractivity (Wildman–Crippen MR) is 76.2 cm³/mol. The summed E-state index contributed by atoms with van der Waals surface area (Å²) in [7, 11) is -3.64. The summed E-state index contributed by atoms with van der Waals surface area (Å²) >= 11 is 3.14. The maximum absolute atomic E-state index is 12.4. The number of benzene rings is 1. The van der Waals surface area contributed by atoms with Crippen LogP contribution in [-0.4, -0.2) is 24.5 Å². The number of hydrogen-bond donors (Lipinski definition) is 1. The number of rotatable bonds is 4. The molecule has 0 saturated carbocycles. The molecule has 1 aromatic heterocycles. The highest BCUT2D eigenvalue weighted by molar-refractivity contribution is 9.10. The molecule has 1 heterocycles. The van der Waals surface area contributed by atoms with Gasteiger partial charge in [0.1, 0.15) is 0 Å². The molecular weight excluding hydrogens is 346 g/mol. The molecule has 104 valence electrons. The summed E-state index contributed by atoms with van der Waals surface area (Å²) < 4.78 is 25.1. The first kappa shape index (κ1) is 14.7. The van der Waals surface area contributed by atoms with Crippen LogP contribution < -0.4 is 0 Å². The number of carbonyl (C=O) groups is 1. The van der Waals surface area contributed by atoms with E-state index in [1.165, 1.54) is 24.5 Å². The molecule has 0 aliphatic carbocycles. The molecule has 0 fully saturated rings. The summed E-state index contributed by atoms with van der Waals surface area (Å²) in [5, 5.41) is 8.94. The van der Waals surface area contributed by atoms with Crippen LogP contribution in [0.3, 0.4) is 0 Å². The molecule has 0 aliphatic rings. The third-order valence-corrected chi connectivity index (χ3v) is 5.29. The third kappa shape index (κ3) is 3.23. The van der Waals surface area contributed by atoms with Crippen molar-refractivity contribution in [1.82, 2.24) is 4.98 Å². The van der Waals surface area contributed by atoms with Gasteiger partial charge in [-0.3, -0.25) is 4.98 Å². The Morgan fingerprint density at radius 3 is 2.45 bits per heavy atom. The van der Waals surface area contributed by atoms with E-state index >= 15 is 0 Å². The Hall–Kier alpha value is -1.73. The highest BCUT2D eigenvalue weighted by atomic mass is 79.9. The zero-order chi connectivity index (χ0) is 14.8. The van der Waals surface area contributed by atoms with E-state index in [1.54, 1.807) is 12.1 Å². The van der Waals surface area contributed by atoms with Gasteiger partial charge in [-0.1, -0.05) is 0 Å². The second-order valence-electron chi connectivity index (χ2n) is 4.06. The average molecular weight is 356 g/mol. The van der Waals surface area contributed by atoms with Gasteiger partial charge in [0.05, 0.1) is 16.2 Å². The predicted octanol–water partition coefficient (Wildman–Crippen LogP) is 2.52. The summed E-state index contributed by atoms with van der Waals surface area (Å²) in [4.78, 5) is 14.7. The van der Waals surface area contributed by atoms with Crippen molar-refractivity contribution in [2.45, 2.75) is 10.6 Å². The fourth-order valence-electron chi connectivity index (χ4n) is 1.65. The van der Waals surface area contributed by atoms with Crippen molar-refractivity contribution >= 4 is 31.7 Å². The van der Waals surface area contributed by atoms with Crippen molar-refractivity contribution < 1.29 is 18.3 Å². The second kappa shape index (κ2) is 5.72. The first-order valence-corrected chi connectivity index (χ1v) is 7.99. The van der Waals surface area contributed by atoms with E-state index in [2.05, 4.69) is 20.9 Å². The Balaban J connectivity index is 2.44. The standard InChI is InChI=1S/C13H10BrNO4S/c14-11-2-1-10(13(16)17)7-12(11)20(18,19)8-9-3-5-15-6-4-9/h1-7H,8H2,(H,16,17). The van der Waals surface area contributed by atoms with Crippen LogP contribution in [0.2, 0.25) is 0 Å². The smallest absolute Gasteiger partial charge is 0.335 e. The molecule has 7 heteroatoms. The van der Waals surface area contributed by atoms with Gasteiger partial charge in [-0.15, -0.1) is 0 Å². The van der Waals surface area contributed by atoms with E-state index < -0.39 is 15.8 Å². The average Bonchev–Trinajstić information content (AvgIpc) is 2.39. The Kier molecular flexibility index (Phi) is 4.20. The molecule has 0 aliphatic heterocycles. The largest absolute Gasteiger partial charge is 0.478 e. The summed E-state index contributed by atoms with van der Waals surface area (Å²) in [6.07, 6.45) is 3.02. The molecule has 0 saturated heterocycles. The van der Waals surface area contributed by atoms with Gasteiger partial charge in [0.25, 0.3) is 0 Å². The summed E-state index contributed by atoms with van der Waals surface area (Å²) in [6, 6.07) is 7.13. The maximum Gasteiger partial charge on any atom is 0.335 e. The number of carboxylic acid groups (broad SMARTS) is 1. The van der Waals surface area contributed by atoms with Crippen LogP contribution in [0.4, 0.5) is 0 Å². The van der Waals surface area contributed by atoms with Crippen molar-refractivity contribution in [3.05, 3.63) is 58.3 Å². The van der Waals surface area contributed by atoms with Crippen LogP contribution in [0.25, 0.3) is 0 Å². The van der Waals surface area contributed by atoms with Crippen LogP contribution in [0.5, 0.6) is 0 Å². The van der Waals surface area contributed by atoms with Crippen molar-refractivity contribution in [3.63, 3.8) is 0 Å². The zero-order valence-corrected chi connectivity index (χ0v) is 12.6. The molecule has 2 aromatic rings. The van der Waals surface area contributed by atoms with E-state index in [4.69, 9.17) is 5.11 Å². The molecule has 2 rings (SSSR count). The molecule has 0 radical (unpaired) electrons. The number of aromatic nitrogens is 1. The number of aromatic carboxylic acids is 1. The van der Waals surface area contributed by atoms with Crippen molar-refractivity contribution in [2.24, 2.45) is 0 Å². The van der Waals surface area contributed by atoms with Gasteiger partial charge >= 0.3 is 5.97 Å². The lowest BCUT2D eigenvalue weighted by atomic mass is 10.2. The normalized spacial score (nSPS) is 11.2. The number of sulfone groups is 1. The fraction of sp³-hybridized carbons (Fsp3) is 0.0769. The molecule has 0 amide bonds. The Labute approximate surface area is 124 Å². The first-order valence-electron chi connectivity index (χ1n) is 5.54. The molecule has 0 spiro atoms. The molecule has 1 N–H and O–H groups in total. The van der Waals surface area contributed by atoms with Crippen LogP contribution in [0, 0.1) is 0 Å². The monoisotopic (exact) mass is 355 g/mol. The number of hydrogen-bond acceptors (Lipinski definition) is 4. The minimum Gasteiger partial charge on any atom is -0.478 e. The Morgan fingerprint density at radius 1 is 1.20 bits per heavy atom. The third-order valence-electron chi connectivity index (χ3n) is 2.62. The summed E-state index contributed by atoms with van der Waals surface area (Å²) in [5.74, 6) is -1.38. The van der Waals surface area contributed by atoms with Crippen LogP contribution in [0.1, 0.15) is 15.9 Å². The highest BCUT2D eigenvalue weighted by Gasteiger charge is 2.20. The Morgan fingerprint density at radius 2 is 1.85 bits per heavy atom. The number of pyridine rings is 1. The lowest BCUT2D eigenvalue weighted by molar-refractivity contribution is 0.0696. The molecule has 0 bridgehead atoms. The fourth-order valence-corrected chi connectivity index (χ4v) is 4.10. The van der Waals surface area contributed by atoms with Gasteiger partial charge in [0.15, 0.2) is 9.84 Å². The topological polar surface area (TPSA) is 84.3 Å². The van der Waals surface area contributed by atoms with E-state index in [0.29, 0.717) is 10.0 Å². The first-order chi connectivity index (χ1) is 9.40. The van der Waals surface area contributed by atoms with Gasteiger partial charge in [-0.2, -0.15) is 0 Å². The highest BCUT2D eigenvalue weighted by Crippen LogP contribution is 2.26. The number of nitrogens with zero attached hydrogens (tertiary/aromatic N) is 1. The minimum atomic E-state index is -3.64. The van der Waals surface area contributed by atoms with E-state index in [9.17, 15) is 13.2 Å². The number of carboxylic acids is 1. The van der Waals surface area contributed by atoms with Crippen molar-refractivity contribution in [1.29, 1.82) is 0 Å².